The van der Waals surface area contributed by atoms with E-state index in [-0.39, 0.29) is 17.2 Å². The van der Waals surface area contributed by atoms with E-state index in [1.165, 1.54) is 11.8 Å². The van der Waals surface area contributed by atoms with Gasteiger partial charge in [-0.05, 0) is 37.1 Å². The molecule has 162 valence electrons. The molecule has 0 radical (unpaired) electrons. The lowest BCUT2D eigenvalue weighted by molar-refractivity contribution is -0.120. The highest BCUT2D eigenvalue weighted by Crippen LogP contribution is 2.28. The van der Waals surface area contributed by atoms with Crippen LogP contribution in [0, 0.1) is 0 Å². The van der Waals surface area contributed by atoms with Gasteiger partial charge in [0.2, 0.25) is 5.91 Å². The summed E-state index contributed by atoms with van der Waals surface area (Å²) in [5.74, 6) is 0.718. The Labute approximate surface area is 192 Å². The van der Waals surface area contributed by atoms with Crippen molar-refractivity contribution in [3.05, 3.63) is 96.3 Å². The molecule has 2 aromatic heterocycles. The molecule has 0 aliphatic rings. The number of pyridine rings is 1. The fourth-order valence-corrected chi connectivity index (χ4v) is 4.22. The van der Waals surface area contributed by atoms with Crippen LogP contribution in [0.3, 0.4) is 0 Å². The van der Waals surface area contributed by atoms with Crippen molar-refractivity contribution in [2.45, 2.75) is 36.8 Å². The Hall–Kier alpha value is -3.45. The lowest BCUT2D eigenvalue weighted by Gasteiger charge is -2.18. The van der Waals surface area contributed by atoms with Gasteiger partial charge in [-0.25, -0.2) is 0 Å². The first kappa shape index (κ1) is 21.8. The molecular formula is C25H25N5OS. The van der Waals surface area contributed by atoms with Crippen molar-refractivity contribution in [1.82, 2.24) is 25.1 Å². The minimum Gasteiger partial charge on any atom is -0.349 e. The minimum absolute atomic E-state index is 0.0360. The Morgan fingerprint density at radius 3 is 2.28 bits per heavy atom. The molecule has 4 aromatic rings. The summed E-state index contributed by atoms with van der Waals surface area (Å²) in [4.78, 5) is 17.0. The summed E-state index contributed by atoms with van der Waals surface area (Å²) in [6.07, 6.45) is 3.48. The minimum atomic E-state index is -0.329. The van der Waals surface area contributed by atoms with Gasteiger partial charge in [-0.3, -0.25) is 14.3 Å². The first-order valence-electron chi connectivity index (χ1n) is 10.5. The zero-order valence-corrected chi connectivity index (χ0v) is 18.9. The highest BCUT2D eigenvalue weighted by Gasteiger charge is 2.22. The van der Waals surface area contributed by atoms with Crippen LogP contribution in [0.4, 0.5) is 0 Å². The van der Waals surface area contributed by atoms with Gasteiger partial charge >= 0.3 is 0 Å². The first-order valence-corrected chi connectivity index (χ1v) is 11.4. The monoisotopic (exact) mass is 443 g/mol. The van der Waals surface area contributed by atoms with Gasteiger partial charge in [0.1, 0.15) is 0 Å². The third-order valence-corrected chi connectivity index (χ3v) is 6.23. The van der Waals surface area contributed by atoms with Crippen LogP contribution in [0.1, 0.15) is 31.0 Å². The molecule has 2 aromatic carbocycles. The van der Waals surface area contributed by atoms with Crippen LogP contribution in [0.5, 0.6) is 0 Å². The van der Waals surface area contributed by atoms with Crippen molar-refractivity contribution < 1.29 is 4.79 Å². The Morgan fingerprint density at radius 2 is 1.59 bits per heavy atom. The Kier molecular flexibility index (Phi) is 6.97. The molecule has 1 N–H and O–H groups in total. The van der Waals surface area contributed by atoms with Gasteiger partial charge in [-0.1, -0.05) is 72.4 Å². The highest BCUT2D eigenvalue weighted by atomic mass is 32.2. The largest absolute Gasteiger partial charge is 0.349 e. The molecule has 0 aliphatic heterocycles. The van der Waals surface area contributed by atoms with Gasteiger partial charge in [0, 0.05) is 18.0 Å². The fraction of sp³-hybridized carbons (Fsp3) is 0.200. The predicted molar refractivity (Wildman–Crippen MR) is 127 cm³/mol. The summed E-state index contributed by atoms with van der Waals surface area (Å²) < 4.78 is 2.06. The molecule has 1 amide bonds. The van der Waals surface area contributed by atoms with Crippen molar-refractivity contribution in [3.63, 3.8) is 0 Å². The molecule has 0 bridgehead atoms. The number of rotatable bonds is 8. The SMILES string of the molecule is CC(Sc1nnc(-c2ccncc2)n1Cc1ccccc1)C(=O)NC(C)c1ccccc1. The van der Waals surface area contributed by atoms with Gasteiger partial charge in [-0.2, -0.15) is 0 Å². The molecule has 0 aliphatic carbocycles. The fourth-order valence-electron chi connectivity index (χ4n) is 3.37. The van der Waals surface area contributed by atoms with Crippen LogP contribution in [0.15, 0.2) is 90.3 Å². The van der Waals surface area contributed by atoms with Crippen molar-refractivity contribution in [3.8, 4) is 11.4 Å². The molecular weight excluding hydrogens is 418 g/mol. The standard InChI is InChI=1S/C25H25N5OS/c1-18(21-11-7-4-8-12-21)27-24(31)19(2)32-25-29-28-23(22-13-15-26-16-14-22)30(25)17-20-9-5-3-6-10-20/h3-16,18-19H,17H2,1-2H3,(H,27,31). The molecule has 32 heavy (non-hydrogen) atoms. The molecule has 2 atom stereocenters. The predicted octanol–water partition coefficient (Wildman–Crippen LogP) is 4.75. The zero-order valence-electron chi connectivity index (χ0n) is 18.1. The maximum Gasteiger partial charge on any atom is 0.233 e. The third-order valence-electron chi connectivity index (χ3n) is 5.15. The average molecular weight is 444 g/mol. The maximum atomic E-state index is 12.9. The van der Waals surface area contributed by atoms with Crippen LogP contribution < -0.4 is 5.32 Å². The number of carbonyl (C=O) groups is 1. The average Bonchev–Trinajstić information content (AvgIpc) is 3.22. The van der Waals surface area contributed by atoms with E-state index in [1.807, 2.05) is 74.5 Å². The molecule has 4 rings (SSSR count). The molecule has 0 spiro atoms. The van der Waals surface area contributed by atoms with Crippen LogP contribution in [0.25, 0.3) is 11.4 Å². The maximum absolute atomic E-state index is 12.9. The zero-order chi connectivity index (χ0) is 22.3. The second kappa shape index (κ2) is 10.2. The second-order valence-corrected chi connectivity index (χ2v) is 8.82. The lowest BCUT2D eigenvalue weighted by Crippen LogP contribution is -2.33. The van der Waals surface area contributed by atoms with Crippen molar-refractivity contribution in [2.75, 3.05) is 0 Å². The Balaban J connectivity index is 1.54. The van der Waals surface area contributed by atoms with E-state index in [9.17, 15) is 4.79 Å². The van der Waals surface area contributed by atoms with Crippen LogP contribution >= 0.6 is 11.8 Å². The summed E-state index contributed by atoms with van der Waals surface area (Å²) in [6.45, 7) is 4.50. The van der Waals surface area contributed by atoms with Gasteiger partial charge in [0.15, 0.2) is 11.0 Å². The molecule has 2 unspecified atom stereocenters. The second-order valence-electron chi connectivity index (χ2n) is 7.51. The summed E-state index contributed by atoms with van der Waals surface area (Å²) in [6, 6.07) is 23.9. The number of amides is 1. The normalized spacial score (nSPS) is 12.8. The van der Waals surface area contributed by atoms with Crippen LogP contribution in [-0.4, -0.2) is 30.9 Å². The number of thioether (sulfide) groups is 1. The number of hydrogen-bond donors (Lipinski definition) is 1. The van der Waals surface area contributed by atoms with Crippen molar-refractivity contribution >= 4 is 17.7 Å². The van der Waals surface area contributed by atoms with Gasteiger partial charge in [0.05, 0.1) is 17.8 Å². The summed E-state index contributed by atoms with van der Waals surface area (Å²) in [7, 11) is 0. The Bertz CT molecular complexity index is 1150. The number of nitrogens with one attached hydrogen (secondary N) is 1. The van der Waals surface area contributed by atoms with Crippen molar-refractivity contribution in [2.24, 2.45) is 0 Å². The molecule has 7 heteroatoms. The number of benzene rings is 2. The number of hydrogen-bond acceptors (Lipinski definition) is 5. The molecule has 0 saturated carbocycles. The molecule has 0 saturated heterocycles. The smallest absolute Gasteiger partial charge is 0.233 e. The van der Waals surface area contributed by atoms with E-state index in [0.29, 0.717) is 11.7 Å². The summed E-state index contributed by atoms with van der Waals surface area (Å²) in [5, 5.41) is 12.3. The van der Waals surface area contributed by atoms with E-state index >= 15 is 0 Å². The number of aromatic nitrogens is 4. The first-order chi connectivity index (χ1) is 15.6. The van der Waals surface area contributed by atoms with Gasteiger partial charge in [-0.15, -0.1) is 10.2 Å². The lowest BCUT2D eigenvalue weighted by atomic mass is 10.1. The molecule has 0 fully saturated rings. The van der Waals surface area contributed by atoms with E-state index in [1.54, 1.807) is 12.4 Å². The third kappa shape index (κ3) is 5.23. The van der Waals surface area contributed by atoms with Gasteiger partial charge < -0.3 is 5.32 Å². The number of nitrogens with zero attached hydrogens (tertiary/aromatic N) is 4. The molecule has 2 heterocycles. The van der Waals surface area contributed by atoms with Gasteiger partial charge in [0.25, 0.3) is 0 Å². The Morgan fingerprint density at radius 1 is 0.938 bits per heavy atom. The quantitative estimate of drug-likeness (QED) is 0.398. The van der Waals surface area contributed by atoms with E-state index in [0.717, 1.165) is 22.5 Å². The van der Waals surface area contributed by atoms with E-state index < -0.39 is 0 Å². The summed E-state index contributed by atoms with van der Waals surface area (Å²) >= 11 is 1.41. The van der Waals surface area contributed by atoms with Crippen LogP contribution in [-0.2, 0) is 11.3 Å². The summed E-state index contributed by atoms with van der Waals surface area (Å²) in [5.41, 5.74) is 3.15. The number of carbonyl (C=O) groups excluding carboxylic acids is 1. The topological polar surface area (TPSA) is 72.7 Å². The highest BCUT2D eigenvalue weighted by molar-refractivity contribution is 8.00. The van der Waals surface area contributed by atoms with E-state index in [4.69, 9.17) is 0 Å². The van der Waals surface area contributed by atoms with E-state index in [2.05, 4.69) is 37.2 Å². The van der Waals surface area contributed by atoms with Crippen molar-refractivity contribution in [1.29, 1.82) is 0 Å². The van der Waals surface area contributed by atoms with Crippen LogP contribution in [0.2, 0.25) is 0 Å². The molecule has 6 nitrogen and oxygen atoms in total.